The Morgan fingerprint density at radius 3 is 2.54 bits per heavy atom. The number of carbonyl (C=O) groups excluding carboxylic acids is 1. The van der Waals surface area contributed by atoms with Crippen LogP contribution in [0.25, 0.3) is 11.0 Å². The molecular weight excluding hydrogens is 390 g/mol. The minimum Gasteiger partial charge on any atom is -0.345 e. The molecule has 1 atom stereocenters. The minimum absolute atomic E-state index is 0.129. The average molecular weight is 406 g/mol. The van der Waals surface area contributed by atoms with Gasteiger partial charge in [0.1, 0.15) is 0 Å². The number of benzene rings is 3. The van der Waals surface area contributed by atoms with E-state index in [9.17, 15) is 4.79 Å². The number of imidazole rings is 1. The summed E-state index contributed by atoms with van der Waals surface area (Å²) in [6, 6.07) is 23.1. The predicted octanol–water partition coefficient (Wildman–Crippen LogP) is 4.84. The second-order valence-corrected chi connectivity index (χ2v) is 6.83. The predicted molar refractivity (Wildman–Crippen MR) is 106 cm³/mol. The first-order valence-corrected chi connectivity index (χ1v) is 9.05. The van der Waals surface area contributed by atoms with Gasteiger partial charge in [0, 0.05) is 4.47 Å². The number of amides is 1. The lowest BCUT2D eigenvalue weighted by molar-refractivity contribution is 0.0942. The smallest absolute Gasteiger partial charge is 0.253 e. The molecule has 0 radical (unpaired) electrons. The molecule has 0 aliphatic carbocycles. The number of H-pyrrole nitrogens is 1. The van der Waals surface area contributed by atoms with E-state index in [0.717, 1.165) is 26.6 Å². The lowest BCUT2D eigenvalue weighted by atomic mass is 9.97. The molecule has 0 spiro atoms. The zero-order valence-corrected chi connectivity index (χ0v) is 15.4. The molecule has 0 aliphatic heterocycles. The number of fused-ring (bicyclic) bond motifs is 1. The lowest BCUT2D eigenvalue weighted by Crippen LogP contribution is -2.29. The van der Waals surface area contributed by atoms with E-state index in [-0.39, 0.29) is 11.9 Å². The lowest BCUT2D eigenvalue weighted by Gasteiger charge is -2.20. The first-order chi connectivity index (χ1) is 12.7. The molecule has 1 aromatic heterocycles. The third-order valence-electron chi connectivity index (χ3n) is 4.30. The van der Waals surface area contributed by atoms with E-state index in [1.54, 1.807) is 12.4 Å². The van der Waals surface area contributed by atoms with Crippen molar-refractivity contribution in [2.24, 2.45) is 0 Å². The minimum atomic E-state index is -0.261. The van der Waals surface area contributed by atoms with Crippen molar-refractivity contribution in [2.45, 2.75) is 6.04 Å². The Morgan fingerprint density at radius 2 is 1.73 bits per heavy atom. The molecule has 4 nitrogen and oxygen atoms in total. The quantitative estimate of drug-likeness (QED) is 0.509. The third kappa shape index (κ3) is 3.26. The van der Waals surface area contributed by atoms with Crippen LogP contribution in [0, 0.1) is 0 Å². The molecule has 1 heterocycles. The average Bonchev–Trinajstić information content (AvgIpc) is 3.15. The molecule has 2 N–H and O–H groups in total. The first-order valence-electron chi connectivity index (χ1n) is 8.26. The van der Waals surface area contributed by atoms with Crippen LogP contribution in [-0.4, -0.2) is 15.9 Å². The number of hydrogen-bond donors (Lipinski definition) is 2. The van der Waals surface area contributed by atoms with Crippen LogP contribution in [0.2, 0.25) is 0 Å². The van der Waals surface area contributed by atoms with Gasteiger partial charge in [-0.15, -0.1) is 0 Å². The van der Waals surface area contributed by atoms with E-state index in [1.165, 1.54) is 0 Å². The van der Waals surface area contributed by atoms with Gasteiger partial charge in [-0.2, -0.15) is 0 Å². The maximum atomic E-state index is 12.9. The van der Waals surface area contributed by atoms with Gasteiger partial charge in [-0.25, -0.2) is 4.98 Å². The van der Waals surface area contributed by atoms with Crippen LogP contribution in [-0.2, 0) is 0 Å². The number of hydrogen-bond acceptors (Lipinski definition) is 2. The summed E-state index contributed by atoms with van der Waals surface area (Å²) in [7, 11) is 0. The van der Waals surface area contributed by atoms with E-state index >= 15 is 0 Å². The molecule has 0 fully saturated rings. The van der Waals surface area contributed by atoms with Crippen LogP contribution in [0.1, 0.15) is 27.5 Å². The number of halogens is 1. The molecule has 4 aromatic rings. The number of rotatable bonds is 4. The number of nitrogens with one attached hydrogen (secondary N) is 2. The molecule has 0 saturated carbocycles. The fourth-order valence-corrected chi connectivity index (χ4v) is 3.46. The molecule has 4 rings (SSSR count). The summed E-state index contributed by atoms with van der Waals surface area (Å²) in [4.78, 5) is 20.3. The number of aromatic nitrogens is 2. The van der Waals surface area contributed by atoms with Crippen LogP contribution in [0.4, 0.5) is 0 Å². The van der Waals surface area contributed by atoms with Crippen molar-refractivity contribution in [3.63, 3.8) is 0 Å². The van der Waals surface area contributed by atoms with E-state index in [4.69, 9.17) is 0 Å². The monoisotopic (exact) mass is 405 g/mol. The van der Waals surface area contributed by atoms with Gasteiger partial charge in [-0.1, -0.05) is 48.5 Å². The zero-order chi connectivity index (χ0) is 17.9. The van der Waals surface area contributed by atoms with Crippen molar-refractivity contribution in [3.8, 4) is 0 Å². The van der Waals surface area contributed by atoms with Crippen LogP contribution in [0.3, 0.4) is 0 Å². The zero-order valence-electron chi connectivity index (χ0n) is 13.8. The Hall–Kier alpha value is -2.92. The second-order valence-electron chi connectivity index (χ2n) is 5.98. The largest absolute Gasteiger partial charge is 0.345 e. The number of nitrogens with zero attached hydrogens (tertiary/aromatic N) is 1. The van der Waals surface area contributed by atoms with Crippen LogP contribution in [0.5, 0.6) is 0 Å². The highest BCUT2D eigenvalue weighted by Gasteiger charge is 2.19. The summed E-state index contributed by atoms with van der Waals surface area (Å²) >= 11 is 3.45. The van der Waals surface area contributed by atoms with Gasteiger partial charge in [-0.3, -0.25) is 4.79 Å². The molecule has 1 amide bonds. The Labute approximate surface area is 159 Å². The number of aromatic amines is 1. The Bertz CT molecular complexity index is 1060. The Morgan fingerprint density at radius 1 is 0.962 bits per heavy atom. The van der Waals surface area contributed by atoms with Crippen LogP contribution >= 0.6 is 15.9 Å². The van der Waals surface area contributed by atoms with Crippen molar-refractivity contribution in [1.82, 2.24) is 15.3 Å². The summed E-state index contributed by atoms with van der Waals surface area (Å²) in [5.41, 5.74) is 4.47. The van der Waals surface area contributed by atoms with Gasteiger partial charge in [0.25, 0.3) is 5.91 Å². The van der Waals surface area contributed by atoms with Gasteiger partial charge in [0.15, 0.2) is 0 Å². The maximum Gasteiger partial charge on any atom is 0.253 e. The fraction of sp³-hybridized carbons (Fsp3) is 0.0476. The van der Waals surface area contributed by atoms with Crippen molar-refractivity contribution < 1.29 is 4.79 Å². The molecule has 128 valence electrons. The van der Waals surface area contributed by atoms with Crippen LogP contribution < -0.4 is 5.32 Å². The first kappa shape index (κ1) is 16.5. The highest BCUT2D eigenvalue weighted by atomic mass is 79.9. The topological polar surface area (TPSA) is 57.8 Å². The van der Waals surface area contributed by atoms with Gasteiger partial charge in [-0.05, 0) is 51.3 Å². The molecule has 5 heteroatoms. The van der Waals surface area contributed by atoms with Crippen molar-refractivity contribution in [1.29, 1.82) is 0 Å². The van der Waals surface area contributed by atoms with Crippen molar-refractivity contribution in [3.05, 3.63) is 100 Å². The maximum absolute atomic E-state index is 12.9. The summed E-state index contributed by atoms with van der Waals surface area (Å²) < 4.78 is 0.772. The van der Waals surface area contributed by atoms with Crippen molar-refractivity contribution in [2.75, 3.05) is 0 Å². The normalized spacial score (nSPS) is 12.0. The van der Waals surface area contributed by atoms with E-state index in [2.05, 4.69) is 31.2 Å². The van der Waals surface area contributed by atoms with E-state index < -0.39 is 0 Å². The van der Waals surface area contributed by atoms with Gasteiger partial charge in [0.05, 0.1) is 29.0 Å². The third-order valence-corrected chi connectivity index (χ3v) is 5.00. The van der Waals surface area contributed by atoms with Crippen molar-refractivity contribution >= 4 is 32.9 Å². The van der Waals surface area contributed by atoms with Gasteiger partial charge < -0.3 is 10.3 Å². The number of carbonyl (C=O) groups is 1. The fourth-order valence-electron chi connectivity index (χ4n) is 2.99. The van der Waals surface area contributed by atoms with Crippen LogP contribution in [0.15, 0.2) is 83.6 Å². The highest BCUT2D eigenvalue weighted by molar-refractivity contribution is 9.10. The Balaban J connectivity index is 1.74. The standard InChI is InChI=1S/C21H16BrN3O/c22-17-9-5-4-8-16(17)21(26)25-20(14-6-2-1-3-7-14)15-10-11-18-19(12-15)24-13-23-18/h1-13,20H,(H,23,24)(H,25,26). The molecule has 0 bridgehead atoms. The molecule has 1 unspecified atom stereocenters. The van der Waals surface area contributed by atoms with E-state index in [1.807, 2.05) is 66.7 Å². The summed E-state index contributed by atoms with van der Waals surface area (Å²) in [5, 5.41) is 3.16. The molecule has 26 heavy (non-hydrogen) atoms. The molecule has 3 aromatic carbocycles. The summed E-state index contributed by atoms with van der Waals surface area (Å²) in [6.45, 7) is 0. The Kier molecular flexibility index (Phi) is 4.54. The van der Waals surface area contributed by atoms with Gasteiger partial charge >= 0.3 is 0 Å². The van der Waals surface area contributed by atoms with Gasteiger partial charge in [0.2, 0.25) is 0 Å². The highest BCUT2D eigenvalue weighted by Crippen LogP contribution is 2.26. The molecule has 0 aliphatic rings. The summed E-state index contributed by atoms with van der Waals surface area (Å²) in [6.07, 6.45) is 1.67. The summed E-state index contributed by atoms with van der Waals surface area (Å²) in [5.74, 6) is -0.129. The second kappa shape index (κ2) is 7.14. The molecular formula is C21H16BrN3O. The SMILES string of the molecule is O=C(NC(c1ccccc1)c1ccc2nc[nH]c2c1)c1ccccc1Br. The van der Waals surface area contributed by atoms with E-state index in [0.29, 0.717) is 5.56 Å². The molecule has 0 saturated heterocycles.